The van der Waals surface area contributed by atoms with E-state index in [1.165, 1.54) is 23.2 Å². The molecule has 1 unspecified atom stereocenters. The monoisotopic (exact) mass is 541 g/mol. The Morgan fingerprint density at radius 3 is 2.62 bits per heavy atom. The highest BCUT2D eigenvalue weighted by Gasteiger charge is 2.54. The van der Waals surface area contributed by atoms with Crippen molar-refractivity contribution in [2.75, 3.05) is 13.1 Å². The molecule has 34 heavy (non-hydrogen) atoms. The van der Waals surface area contributed by atoms with Crippen LogP contribution in [0.25, 0.3) is 0 Å². The normalized spacial score (nSPS) is 22.8. The summed E-state index contributed by atoms with van der Waals surface area (Å²) in [5.41, 5.74) is -1.98. The third-order valence-corrected chi connectivity index (χ3v) is 6.79. The number of nitriles is 1. The second kappa shape index (κ2) is 8.79. The number of carbonyl (C=O) groups is 1. The maximum Gasteiger partial charge on any atom is 0.257 e. The molecule has 0 saturated heterocycles. The first-order valence-corrected chi connectivity index (χ1v) is 11.7. The smallest absolute Gasteiger partial charge is 0.257 e. The van der Waals surface area contributed by atoms with Crippen molar-refractivity contribution in [1.82, 2.24) is 9.88 Å². The summed E-state index contributed by atoms with van der Waals surface area (Å²) in [5, 5.41) is 20.1. The van der Waals surface area contributed by atoms with Crippen molar-refractivity contribution in [2.45, 2.75) is 25.1 Å². The Morgan fingerprint density at radius 1 is 1.24 bits per heavy atom. The van der Waals surface area contributed by atoms with Crippen LogP contribution in [-0.4, -0.2) is 34.0 Å². The van der Waals surface area contributed by atoms with Gasteiger partial charge in [0.15, 0.2) is 5.72 Å². The van der Waals surface area contributed by atoms with Crippen LogP contribution in [0.2, 0.25) is 5.02 Å². The number of rotatable bonds is 7. The lowest BCUT2D eigenvalue weighted by Crippen LogP contribution is -2.47. The summed E-state index contributed by atoms with van der Waals surface area (Å²) in [5.74, 6) is -0.463. The van der Waals surface area contributed by atoms with E-state index in [-0.39, 0.29) is 24.9 Å². The zero-order valence-corrected chi connectivity index (χ0v) is 20.1. The number of hydrogen-bond donors (Lipinski definition) is 1. The largest absolute Gasteiger partial charge is 0.396 e. The first-order valence-electron chi connectivity index (χ1n) is 12.5. The van der Waals surface area contributed by atoms with E-state index in [2.05, 4.69) is 20.9 Å². The second-order valence-electron chi connectivity index (χ2n) is 8.28. The summed E-state index contributed by atoms with van der Waals surface area (Å²) in [6.07, 6.45) is 1.53. The molecule has 0 bridgehead atoms. The zero-order chi connectivity index (χ0) is 27.5. The van der Waals surface area contributed by atoms with Gasteiger partial charge in [0, 0.05) is 32.8 Å². The predicted octanol–water partition coefficient (Wildman–Crippen LogP) is 5.02. The fraction of sp³-hybridized carbons (Fsp3) is 0.269. The van der Waals surface area contributed by atoms with Gasteiger partial charge in [-0.3, -0.25) is 14.7 Å². The molecule has 2 aliphatic rings. The van der Waals surface area contributed by atoms with E-state index in [0.717, 1.165) is 0 Å². The van der Waals surface area contributed by atoms with Crippen LogP contribution >= 0.6 is 27.5 Å². The molecule has 2 heterocycles. The van der Waals surface area contributed by atoms with Crippen molar-refractivity contribution < 1.29 is 20.1 Å². The first-order chi connectivity index (χ1) is 17.8. The molecule has 0 radical (unpaired) electrons. The fourth-order valence-electron chi connectivity index (χ4n) is 4.05. The van der Waals surface area contributed by atoms with Gasteiger partial charge < -0.3 is 9.84 Å². The highest BCUT2D eigenvalue weighted by atomic mass is 79.9. The molecular weight excluding hydrogens is 518 g/mol. The van der Waals surface area contributed by atoms with Gasteiger partial charge in [0.25, 0.3) is 5.91 Å². The molecule has 1 saturated carbocycles. The molecule has 1 N–H and O–H groups in total. The molecule has 8 heteroatoms. The number of aromatic nitrogens is 1. The quantitative estimate of drug-likeness (QED) is 0.453. The van der Waals surface area contributed by atoms with E-state index in [9.17, 15) is 15.2 Å². The number of benzene rings is 2. The Kier molecular flexibility index (Phi) is 4.80. The lowest BCUT2D eigenvalue weighted by atomic mass is 9.92. The van der Waals surface area contributed by atoms with Crippen molar-refractivity contribution in [3.63, 3.8) is 0 Å². The molecule has 1 fully saturated rings. The van der Waals surface area contributed by atoms with E-state index >= 15 is 0 Å². The molecule has 6 nitrogen and oxygen atoms in total. The van der Waals surface area contributed by atoms with Crippen molar-refractivity contribution in [3.8, 4) is 6.07 Å². The van der Waals surface area contributed by atoms with Gasteiger partial charge in [0.05, 0.1) is 47.5 Å². The Balaban J connectivity index is 1.75. The SMILES string of the molecule is [2H]C([2H])(O)C1(C([2H])([2H])OC2(c3ccc(C#N)cc3)c3ccc(Br)cc3C(=O)N2Cc2ccc(Cl)cn2)CC1. The topological polar surface area (TPSA) is 86.4 Å². The summed E-state index contributed by atoms with van der Waals surface area (Å²) in [6, 6.07) is 16.5. The summed E-state index contributed by atoms with van der Waals surface area (Å²) >= 11 is 9.40. The van der Waals surface area contributed by atoms with Crippen LogP contribution in [0.1, 0.15) is 51.1 Å². The number of halogens is 2. The number of pyridine rings is 1. The van der Waals surface area contributed by atoms with Gasteiger partial charge >= 0.3 is 0 Å². The van der Waals surface area contributed by atoms with Crippen molar-refractivity contribution >= 4 is 33.4 Å². The Hall–Kier alpha value is -2.76. The van der Waals surface area contributed by atoms with Gasteiger partial charge in [-0.05, 0) is 49.2 Å². The lowest BCUT2D eigenvalue weighted by Gasteiger charge is -2.40. The highest BCUT2D eigenvalue weighted by molar-refractivity contribution is 9.10. The van der Waals surface area contributed by atoms with Crippen molar-refractivity contribution in [3.05, 3.63) is 98.2 Å². The fourth-order valence-corrected chi connectivity index (χ4v) is 4.52. The van der Waals surface area contributed by atoms with E-state index < -0.39 is 30.2 Å². The molecule has 2 aromatic carbocycles. The minimum absolute atomic E-state index is 0.0484. The van der Waals surface area contributed by atoms with Crippen LogP contribution in [-0.2, 0) is 17.0 Å². The number of amides is 1. The Morgan fingerprint density at radius 2 is 2.00 bits per heavy atom. The first kappa shape index (κ1) is 18.6. The van der Waals surface area contributed by atoms with Crippen molar-refractivity contribution in [1.29, 1.82) is 5.26 Å². The number of carbonyl (C=O) groups excluding carboxylic acids is 1. The minimum Gasteiger partial charge on any atom is -0.396 e. The van der Waals surface area contributed by atoms with Crippen LogP contribution in [0, 0.1) is 16.7 Å². The van der Waals surface area contributed by atoms with Crippen LogP contribution in [0.3, 0.4) is 0 Å². The van der Waals surface area contributed by atoms with Gasteiger partial charge in [-0.2, -0.15) is 5.26 Å². The summed E-state index contributed by atoms with van der Waals surface area (Å²) in [7, 11) is 0. The van der Waals surface area contributed by atoms with Gasteiger partial charge in [-0.1, -0.05) is 45.7 Å². The van der Waals surface area contributed by atoms with Crippen LogP contribution in [0.5, 0.6) is 0 Å². The van der Waals surface area contributed by atoms with E-state index in [1.54, 1.807) is 42.5 Å². The predicted molar refractivity (Wildman–Crippen MR) is 130 cm³/mol. The number of aliphatic hydroxyl groups is 1. The molecule has 5 rings (SSSR count). The van der Waals surface area contributed by atoms with Crippen LogP contribution < -0.4 is 0 Å². The molecule has 1 atom stereocenters. The van der Waals surface area contributed by atoms with E-state index in [1.807, 2.05) is 6.07 Å². The lowest BCUT2D eigenvalue weighted by molar-refractivity contribution is -0.129. The third-order valence-electron chi connectivity index (χ3n) is 6.07. The number of ether oxygens (including phenoxy) is 1. The van der Waals surface area contributed by atoms with E-state index in [4.69, 9.17) is 21.8 Å². The molecule has 1 aliphatic carbocycles. The summed E-state index contributed by atoms with van der Waals surface area (Å²) in [4.78, 5) is 19.6. The molecule has 1 amide bonds. The molecule has 3 aromatic rings. The summed E-state index contributed by atoms with van der Waals surface area (Å²) < 4.78 is 40.7. The van der Waals surface area contributed by atoms with Gasteiger partial charge in [-0.15, -0.1) is 0 Å². The Labute approximate surface area is 216 Å². The summed E-state index contributed by atoms with van der Waals surface area (Å²) in [6.45, 7) is -5.70. The van der Waals surface area contributed by atoms with Gasteiger partial charge in [0.2, 0.25) is 0 Å². The van der Waals surface area contributed by atoms with Gasteiger partial charge in [0.1, 0.15) is 0 Å². The molecule has 1 aliphatic heterocycles. The van der Waals surface area contributed by atoms with Gasteiger partial charge in [-0.25, -0.2) is 0 Å². The van der Waals surface area contributed by atoms with Crippen molar-refractivity contribution in [2.24, 2.45) is 5.41 Å². The average molecular weight is 543 g/mol. The molecule has 1 aromatic heterocycles. The average Bonchev–Trinajstić information content (AvgIpc) is 3.67. The third kappa shape index (κ3) is 3.91. The minimum atomic E-state index is -2.88. The van der Waals surface area contributed by atoms with Crippen LogP contribution in [0.4, 0.5) is 0 Å². The zero-order valence-electron chi connectivity index (χ0n) is 21.8. The number of hydrogen-bond acceptors (Lipinski definition) is 5. The number of nitrogens with zero attached hydrogens (tertiary/aromatic N) is 3. The van der Waals surface area contributed by atoms with E-state index in [0.29, 0.717) is 31.9 Å². The Bertz CT molecular complexity index is 1450. The molecular formula is C26H21BrClN3O3. The molecule has 0 spiro atoms. The maximum absolute atomic E-state index is 14.0. The standard InChI is InChI=1S/C26H21BrClN3O3/c27-19-5-8-23-22(11-19)24(33)31(14-21-7-6-20(28)13-30-21)26(23,34-16-25(15-32)9-10-25)18-3-1-17(12-29)2-4-18/h1-8,11,13,32H,9-10,14-16H2/i15D2,16D2. The maximum atomic E-state index is 14.0. The van der Waals surface area contributed by atoms with Crippen LogP contribution in [0.15, 0.2) is 65.3 Å². The molecule has 172 valence electrons. The highest BCUT2D eigenvalue weighted by Crippen LogP contribution is 2.51. The second-order valence-corrected chi connectivity index (χ2v) is 9.63. The number of fused-ring (bicyclic) bond motifs is 1.